The molecule has 30 heavy (non-hydrogen) atoms. The van der Waals surface area contributed by atoms with Crippen molar-refractivity contribution in [1.29, 1.82) is 0 Å². The number of aromatic nitrogens is 2. The van der Waals surface area contributed by atoms with Gasteiger partial charge in [0.05, 0.1) is 22.6 Å². The van der Waals surface area contributed by atoms with Crippen LogP contribution in [-0.2, 0) is 0 Å². The fourth-order valence-electron chi connectivity index (χ4n) is 2.98. The quantitative estimate of drug-likeness (QED) is 0.322. The summed E-state index contributed by atoms with van der Waals surface area (Å²) in [6, 6.07) is 23.1. The lowest BCUT2D eigenvalue weighted by Crippen LogP contribution is -2.11. The molecule has 7 heteroatoms. The van der Waals surface area contributed by atoms with Gasteiger partial charge in [0.25, 0.3) is 0 Å². The molecule has 0 atom stereocenters. The van der Waals surface area contributed by atoms with Crippen molar-refractivity contribution in [2.24, 2.45) is 10.1 Å². The predicted molar refractivity (Wildman–Crippen MR) is 121 cm³/mol. The Morgan fingerprint density at radius 2 is 1.83 bits per heavy atom. The molecule has 0 aliphatic heterocycles. The van der Waals surface area contributed by atoms with E-state index >= 15 is 0 Å². The molecule has 0 saturated heterocycles. The highest BCUT2D eigenvalue weighted by atomic mass is 35.5. The third-order valence-corrected chi connectivity index (χ3v) is 5.56. The summed E-state index contributed by atoms with van der Waals surface area (Å²) in [6.45, 7) is 0. The summed E-state index contributed by atoms with van der Waals surface area (Å²) < 4.78 is 7.81. The number of hydrogen-bond donors (Lipinski definition) is 0. The maximum atomic E-state index is 6.31. The summed E-state index contributed by atoms with van der Waals surface area (Å²) in [6.07, 6.45) is 3.43. The standard InChI is InChI=1S/C23H15ClN4OS/c24-18-9-2-3-10-19(18)27-23-28(26-14-17-8-5-6-12-25-17)20(15-30-23)22-13-16-7-1-4-11-21(16)29-22/h1-15H. The highest BCUT2D eigenvalue weighted by molar-refractivity contribution is 7.07. The lowest BCUT2D eigenvalue weighted by molar-refractivity contribution is 0.622. The monoisotopic (exact) mass is 430 g/mol. The van der Waals surface area contributed by atoms with Crippen molar-refractivity contribution < 1.29 is 4.42 Å². The summed E-state index contributed by atoms with van der Waals surface area (Å²) in [5.41, 5.74) is 3.05. The molecular formula is C23H15ClN4OS. The van der Waals surface area contributed by atoms with Crippen LogP contribution in [0.15, 0.2) is 98.9 Å². The van der Waals surface area contributed by atoms with Gasteiger partial charge in [-0.15, -0.1) is 11.3 Å². The zero-order valence-electron chi connectivity index (χ0n) is 15.6. The van der Waals surface area contributed by atoms with Gasteiger partial charge in [-0.1, -0.05) is 48.0 Å². The van der Waals surface area contributed by atoms with Crippen LogP contribution >= 0.6 is 22.9 Å². The van der Waals surface area contributed by atoms with Gasteiger partial charge in [0.15, 0.2) is 5.76 Å². The van der Waals surface area contributed by atoms with E-state index in [9.17, 15) is 0 Å². The van der Waals surface area contributed by atoms with Crippen LogP contribution in [0.4, 0.5) is 5.69 Å². The average molecular weight is 431 g/mol. The minimum absolute atomic E-state index is 0.580. The minimum atomic E-state index is 0.580. The Morgan fingerprint density at radius 3 is 2.67 bits per heavy atom. The third-order valence-electron chi connectivity index (χ3n) is 4.43. The van der Waals surface area contributed by atoms with Crippen LogP contribution in [0.2, 0.25) is 5.02 Å². The summed E-state index contributed by atoms with van der Waals surface area (Å²) in [4.78, 5) is 9.71. The second-order valence-corrected chi connectivity index (χ2v) is 7.67. The molecule has 5 aromatic rings. The van der Waals surface area contributed by atoms with Crippen molar-refractivity contribution in [2.75, 3.05) is 0 Å². The maximum Gasteiger partial charge on any atom is 0.211 e. The van der Waals surface area contributed by atoms with Crippen LogP contribution < -0.4 is 4.80 Å². The lowest BCUT2D eigenvalue weighted by Gasteiger charge is -2.01. The van der Waals surface area contributed by atoms with Crippen molar-refractivity contribution in [3.63, 3.8) is 0 Å². The third kappa shape index (κ3) is 3.70. The Labute approximate surface area is 181 Å². The van der Waals surface area contributed by atoms with Gasteiger partial charge in [-0.2, -0.15) is 5.10 Å². The van der Waals surface area contributed by atoms with E-state index in [1.807, 2.05) is 78.2 Å². The molecule has 2 aromatic carbocycles. The Hall–Kier alpha value is -3.48. The normalized spacial score (nSPS) is 12.2. The Balaban J connectivity index is 1.68. The molecule has 5 rings (SSSR count). The molecule has 0 aliphatic carbocycles. The van der Waals surface area contributed by atoms with Crippen molar-refractivity contribution in [1.82, 2.24) is 9.66 Å². The van der Waals surface area contributed by atoms with Crippen molar-refractivity contribution in [2.45, 2.75) is 0 Å². The van der Waals surface area contributed by atoms with E-state index in [4.69, 9.17) is 21.0 Å². The van der Waals surface area contributed by atoms with Gasteiger partial charge in [0.2, 0.25) is 4.80 Å². The fraction of sp³-hybridized carbons (Fsp3) is 0. The Kier molecular flexibility index (Phi) is 5.01. The van der Waals surface area contributed by atoms with Crippen molar-refractivity contribution in [3.05, 3.63) is 99.9 Å². The van der Waals surface area contributed by atoms with Gasteiger partial charge >= 0.3 is 0 Å². The molecule has 0 aliphatic rings. The first-order valence-corrected chi connectivity index (χ1v) is 10.5. The summed E-state index contributed by atoms with van der Waals surface area (Å²) >= 11 is 7.77. The van der Waals surface area contributed by atoms with Gasteiger partial charge in [0, 0.05) is 17.0 Å². The first kappa shape index (κ1) is 18.5. The molecule has 3 heterocycles. The average Bonchev–Trinajstić information content (AvgIpc) is 3.38. The van der Waals surface area contributed by atoms with E-state index < -0.39 is 0 Å². The summed E-state index contributed by atoms with van der Waals surface area (Å²) in [7, 11) is 0. The van der Waals surface area contributed by atoms with Crippen LogP contribution in [0.1, 0.15) is 5.69 Å². The maximum absolute atomic E-state index is 6.31. The number of furan rings is 1. The van der Waals surface area contributed by atoms with E-state index in [0.29, 0.717) is 21.3 Å². The van der Waals surface area contributed by atoms with Crippen LogP contribution in [0.5, 0.6) is 0 Å². The number of rotatable bonds is 4. The minimum Gasteiger partial charge on any atom is -0.454 e. The molecule has 0 saturated carbocycles. The Morgan fingerprint density at radius 1 is 1.00 bits per heavy atom. The van der Waals surface area contributed by atoms with E-state index in [2.05, 4.69) is 10.1 Å². The highest BCUT2D eigenvalue weighted by Gasteiger charge is 2.13. The molecule has 3 aromatic heterocycles. The number of pyridine rings is 1. The molecule has 0 amide bonds. The largest absolute Gasteiger partial charge is 0.454 e. The molecule has 0 radical (unpaired) electrons. The summed E-state index contributed by atoms with van der Waals surface area (Å²) in [5, 5.41) is 8.24. The number of halogens is 1. The van der Waals surface area contributed by atoms with Gasteiger partial charge in [-0.3, -0.25) is 4.98 Å². The van der Waals surface area contributed by atoms with Gasteiger partial charge < -0.3 is 4.42 Å². The number of thiazole rings is 1. The molecular weight excluding hydrogens is 416 g/mol. The van der Waals surface area contributed by atoms with Gasteiger partial charge in [0.1, 0.15) is 11.3 Å². The van der Waals surface area contributed by atoms with Crippen LogP contribution in [-0.4, -0.2) is 15.9 Å². The smallest absolute Gasteiger partial charge is 0.211 e. The first-order valence-electron chi connectivity index (χ1n) is 9.22. The first-order chi connectivity index (χ1) is 14.8. The molecule has 146 valence electrons. The second-order valence-electron chi connectivity index (χ2n) is 6.43. The Bertz CT molecular complexity index is 1380. The van der Waals surface area contributed by atoms with Gasteiger partial charge in [-0.25, -0.2) is 9.67 Å². The number of nitrogens with zero attached hydrogens (tertiary/aromatic N) is 4. The van der Waals surface area contributed by atoms with Gasteiger partial charge in [-0.05, 0) is 36.4 Å². The molecule has 0 unspecified atom stereocenters. The van der Waals surface area contributed by atoms with E-state index in [1.165, 1.54) is 11.3 Å². The van der Waals surface area contributed by atoms with Crippen molar-refractivity contribution >= 4 is 45.8 Å². The lowest BCUT2D eigenvalue weighted by atomic mass is 10.2. The number of benzene rings is 2. The summed E-state index contributed by atoms with van der Waals surface area (Å²) in [5.74, 6) is 0.714. The molecule has 0 spiro atoms. The SMILES string of the molecule is Clc1ccccc1N=c1scc(-c2cc3ccccc3o2)n1N=Cc1ccccn1. The predicted octanol–water partition coefficient (Wildman–Crippen LogP) is 6.13. The number of fused-ring (bicyclic) bond motifs is 1. The molecule has 0 N–H and O–H groups in total. The van der Waals surface area contributed by atoms with E-state index in [1.54, 1.807) is 17.1 Å². The van der Waals surface area contributed by atoms with E-state index in [0.717, 1.165) is 22.4 Å². The molecule has 5 nitrogen and oxygen atoms in total. The van der Waals surface area contributed by atoms with Crippen LogP contribution in [0.3, 0.4) is 0 Å². The zero-order valence-corrected chi connectivity index (χ0v) is 17.2. The van der Waals surface area contributed by atoms with Crippen LogP contribution in [0.25, 0.3) is 22.4 Å². The van der Waals surface area contributed by atoms with Crippen molar-refractivity contribution in [3.8, 4) is 11.5 Å². The molecule has 0 bridgehead atoms. The highest BCUT2D eigenvalue weighted by Crippen LogP contribution is 2.29. The number of para-hydroxylation sites is 2. The van der Waals surface area contributed by atoms with Crippen LogP contribution in [0, 0.1) is 0 Å². The fourth-order valence-corrected chi connectivity index (χ4v) is 3.99. The zero-order chi connectivity index (χ0) is 20.3. The topological polar surface area (TPSA) is 55.7 Å². The van der Waals surface area contributed by atoms with E-state index in [-0.39, 0.29) is 0 Å². The molecule has 0 fully saturated rings. The second kappa shape index (κ2) is 8.10. The number of hydrogen-bond acceptors (Lipinski definition) is 5.